The van der Waals surface area contributed by atoms with Crippen molar-refractivity contribution < 1.29 is 9.69 Å². The Labute approximate surface area is 151 Å². The molecule has 5 heteroatoms. The number of carbonyl (C=O) groups excluding carboxylic acids is 1. The first kappa shape index (κ1) is 17.0. The fourth-order valence-electron chi connectivity index (χ4n) is 3.13. The molecule has 24 heavy (non-hydrogen) atoms. The molecule has 2 aromatic carbocycles. The second kappa shape index (κ2) is 8.31. The maximum absolute atomic E-state index is 12.1. The van der Waals surface area contributed by atoms with Gasteiger partial charge in [0.1, 0.15) is 6.54 Å². The molecule has 1 saturated heterocycles. The minimum atomic E-state index is 0.0591. The van der Waals surface area contributed by atoms with Crippen LogP contribution in [0.1, 0.15) is 12.0 Å². The van der Waals surface area contributed by atoms with Gasteiger partial charge in [-0.05, 0) is 24.3 Å². The summed E-state index contributed by atoms with van der Waals surface area (Å²) >= 11 is 3.40. The average molecular weight is 389 g/mol. The van der Waals surface area contributed by atoms with Crippen molar-refractivity contribution in [3.8, 4) is 0 Å². The summed E-state index contributed by atoms with van der Waals surface area (Å²) in [5, 5.41) is 6.30. The molecule has 3 N–H and O–H groups in total. The number of hydrogen-bond acceptors (Lipinski definition) is 2. The van der Waals surface area contributed by atoms with E-state index in [-0.39, 0.29) is 11.9 Å². The minimum Gasteiger partial charge on any atom is -0.376 e. The van der Waals surface area contributed by atoms with E-state index in [4.69, 9.17) is 0 Å². The predicted octanol–water partition coefficient (Wildman–Crippen LogP) is 1.83. The van der Waals surface area contributed by atoms with Gasteiger partial charge in [-0.25, -0.2) is 0 Å². The number of nitrogens with one attached hydrogen (secondary N) is 3. The Balaban J connectivity index is 1.40. The normalized spacial score (nSPS) is 19.9. The van der Waals surface area contributed by atoms with Crippen LogP contribution < -0.4 is 15.5 Å². The lowest BCUT2D eigenvalue weighted by Gasteiger charge is -2.14. The van der Waals surface area contributed by atoms with Crippen LogP contribution in [0.15, 0.2) is 59.1 Å². The SMILES string of the molecule is O=C(CNc1ccc(Br)cc1)N[C@H]1CC[NH+](Cc2ccccc2)C1. The fraction of sp³-hybridized carbons (Fsp3) is 0.316. The topological polar surface area (TPSA) is 45.6 Å². The first-order valence-electron chi connectivity index (χ1n) is 8.35. The van der Waals surface area contributed by atoms with E-state index in [1.165, 1.54) is 10.5 Å². The van der Waals surface area contributed by atoms with Crippen molar-refractivity contribution in [3.05, 3.63) is 64.6 Å². The fourth-order valence-corrected chi connectivity index (χ4v) is 3.39. The summed E-state index contributed by atoms with van der Waals surface area (Å²) in [7, 11) is 0. The van der Waals surface area contributed by atoms with Crippen molar-refractivity contribution in [2.45, 2.75) is 19.0 Å². The number of benzene rings is 2. The molecular weight excluding hydrogens is 366 g/mol. The standard InChI is InChI=1S/C19H22BrN3O/c20-16-6-8-17(9-7-16)21-12-19(24)22-18-10-11-23(14-18)13-15-4-2-1-3-5-15/h1-9,18,21H,10-14H2,(H,22,24)/p+1/t18-/m0/s1. The average Bonchev–Trinajstić information content (AvgIpc) is 3.02. The monoisotopic (exact) mass is 388 g/mol. The zero-order chi connectivity index (χ0) is 16.8. The highest BCUT2D eigenvalue weighted by molar-refractivity contribution is 9.10. The Morgan fingerprint density at radius 2 is 1.88 bits per heavy atom. The maximum atomic E-state index is 12.1. The first-order chi connectivity index (χ1) is 11.7. The van der Waals surface area contributed by atoms with E-state index in [0.29, 0.717) is 6.54 Å². The Bertz CT molecular complexity index is 660. The number of halogens is 1. The second-order valence-corrected chi connectivity index (χ2v) is 7.20. The zero-order valence-electron chi connectivity index (χ0n) is 13.6. The zero-order valence-corrected chi connectivity index (χ0v) is 15.2. The van der Waals surface area contributed by atoms with E-state index in [2.05, 4.69) is 50.8 Å². The molecule has 0 aliphatic carbocycles. The molecule has 4 nitrogen and oxygen atoms in total. The molecule has 1 unspecified atom stereocenters. The van der Waals surface area contributed by atoms with Crippen LogP contribution in [0.2, 0.25) is 0 Å². The van der Waals surface area contributed by atoms with E-state index in [1.54, 1.807) is 0 Å². The number of amides is 1. The summed E-state index contributed by atoms with van der Waals surface area (Å²) in [6, 6.07) is 18.7. The molecule has 0 radical (unpaired) electrons. The van der Waals surface area contributed by atoms with Crippen molar-refractivity contribution in [2.24, 2.45) is 0 Å². The van der Waals surface area contributed by atoms with E-state index in [1.807, 2.05) is 30.3 Å². The van der Waals surface area contributed by atoms with E-state index < -0.39 is 0 Å². The highest BCUT2D eigenvalue weighted by atomic mass is 79.9. The van der Waals surface area contributed by atoms with Gasteiger partial charge in [0, 0.05) is 22.1 Å². The molecule has 1 heterocycles. The van der Waals surface area contributed by atoms with Crippen LogP contribution in [0.4, 0.5) is 5.69 Å². The van der Waals surface area contributed by atoms with Gasteiger partial charge in [-0.15, -0.1) is 0 Å². The second-order valence-electron chi connectivity index (χ2n) is 6.28. The molecule has 0 spiro atoms. The van der Waals surface area contributed by atoms with Crippen LogP contribution in [0.5, 0.6) is 0 Å². The van der Waals surface area contributed by atoms with Gasteiger partial charge in [0.2, 0.25) is 5.91 Å². The van der Waals surface area contributed by atoms with E-state index in [0.717, 1.165) is 36.2 Å². The van der Waals surface area contributed by atoms with Gasteiger partial charge in [0.05, 0.1) is 25.7 Å². The van der Waals surface area contributed by atoms with E-state index in [9.17, 15) is 4.79 Å². The largest absolute Gasteiger partial charge is 0.376 e. The molecule has 3 rings (SSSR count). The number of rotatable bonds is 6. The highest BCUT2D eigenvalue weighted by Gasteiger charge is 2.27. The Hall–Kier alpha value is -1.85. The van der Waals surface area contributed by atoms with Crippen molar-refractivity contribution in [1.29, 1.82) is 0 Å². The summed E-state index contributed by atoms with van der Waals surface area (Å²) in [5.41, 5.74) is 2.31. The molecule has 1 fully saturated rings. The molecule has 0 saturated carbocycles. The summed E-state index contributed by atoms with van der Waals surface area (Å²) in [6.07, 6.45) is 1.05. The molecule has 1 amide bonds. The summed E-state index contributed by atoms with van der Waals surface area (Å²) in [5.74, 6) is 0.0591. The molecule has 0 bridgehead atoms. The van der Waals surface area contributed by atoms with Crippen LogP contribution in [-0.2, 0) is 11.3 Å². The van der Waals surface area contributed by atoms with E-state index >= 15 is 0 Å². The van der Waals surface area contributed by atoms with Gasteiger partial charge in [-0.2, -0.15) is 0 Å². The summed E-state index contributed by atoms with van der Waals surface area (Å²) in [6.45, 7) is 3.45. The lowest BCUT2D eigenvalue weighted by atomic mass is 10.2. The van der Waals surface area contributed by atoms with Crippen molar-refractivity contribution in [2.75, 3.05) is 25.0 Å². The van der Waals surface area contributed by atoms with Crippen LogP contribution in [0, 0.1) is 0 Å². The van der Waals surface area contributed by atoms with Crippen LogP contribution in [0.3, 0.4) is 0 Å². The number of carbonyl (C=O) groups is 1. The van der Waals surface area contributed by atoms with Gasteiger partial charge in [-0.3, -0.25) is 4.79 Å². The Morgan fingerprint density at radius 1 is 1.12 bits per heavy atom. The van der Waals surface area contributed by atoms with Gasteiger partial charge in [-0.1, -0.05) is 46.3 Å². The molecular formula is C19H23BrN3O+. The third kappa shape index (κ3) is 5.08. The minimum absolute atomic E-state index is 0.0591. The lowest BCUT2D eigenvalue weighted by molar-refractivity contribution is -0.901. The molecule has 126 valence electrons. The van der Waals surface area contributed by atoms with Crippen molar-refractivity contribution in [3.63, 3.8) is 0 Å². The molecule has 2 atom stereocenters. The maximum Gasteiger partial charge on any atom is 0.239 e. The summed E-state index contributed by atoms with van der Waals surface area (Å²) in [4.78, 5) is 13.6. The van der Waals surface area contributed by atoms with Gasteiger partial charge in [0.15, 0.2) is 0 Å². The lowest BCUT2D eigenvalue weighted by Crippen LogP contribution is -3.09. The molecule has 1 aliphatic rings. The Kier molecular flexibility index (Phi) is 5.88. The number of hydrogen-bond donors (Lipinski definition) is 3. The van der Waals surface area contributed by atoms with Crippen molar-refractivity contribution in [1.82, 2.24) is 5.32 Å². The number of anilines is 1. The van der Waals surface area contributed by atoms with Gasteiger partial charge in [0.25, 0.3) is 0 Å². The number of quaternary nitrogens is 1. The van der Waals surface area contributed by atoms with Crippen LogP contribution in [0.25, 0.3) is 0 Å². The van der Waals surface area contributed by atoms with Gasteiger partial charge >= 0.3 is 0 Å². The summed E-state index contributed by atoms with van der Waals surface area (Å²) < 4.78 is 1.03. The molecule has 2 aromatic rings. The van der Waals surface area contributed by atoms with Gasteiger partial charge < -0.3 is 15.5 Å². The first-order valence-corrected chi connectivity index (χ1v) is 9.14. The Morgan fingerprint density at radius 3 is 2.62 bits per heavy atom. The van der Waals surface area contributed by atoms with Crippen molar-refractivity contribution >= 4 is 27.5 Å². The smallest absolute Gasteiger partial charge is 0.239 e. The predicted molar refractivity (Wildman–Crippen MR) is 100 cm³/mol. The quantitative estimate of drug-likeness (QED) is 0.706. The third-order valence-electron chi connectivity index (χ3n) is 4.34. The molecule has 1 aliphatic heterocycles. The van der Waals surface area contributed by atoms with Crippen LogP contribution in [-0.4, -0.2) is 31.6 Å². The third-order valence-corrected chi connectivity index (χ3v) is 4.87. The highest BCUT2D eigenvalue weighted by Crippen LogP contribution is 2.13. The van der Waals surface area contributed by atoms with Crippen LogP contribution >= 0.6 is 15.9 Å². The number of likely N-dealkylation sites (tertiary alicyclic amines) is 1. The molecule has 0 aromatic heterocycles.